The summed E-state index contributed by atoms with van der Waals surface area (Å²) < 4.78 is 43.2. The molecular formula is C20H17F3N2O2S. The molecule has 28 heavy (non-hydrogen) atoms. The topological polar surface area (TPSA) is 51.2 Å². The SMILES string of the molecule is CCc1ccc(-c2csc(NC(=O)COc3cccc(C(F)(F)F)c3)n2)cc1. The van der Waals surface area contributed by atoms with Crippen molar-refractivity contribution in [3.63, 3.8) is 0 Å². The highest BCUT2D eigenvalue weighted by Crippen LogP contribution is 2.31. The van der Waals surface area contributed by atoms with Gasteiger partial charge in [-0.3, -0.25) is 10.1 Å². The van der Waals surface area contributed by atoms with E-state index in [-0.39, 0.29) is 5.75 Å². The molecule has 0 aliphatic rings. The van der Waals surface area contributed by atoms with Gasteiger partial charge in [-0.2, -0.15) is 13.2 Å². The molecule has 0 aliphatic heterocycles. The number of anilines is 1. The van der Waals surface area contributed by atoms with E-state index in [9.17, 15) is 18.0 Å². The molecule has 0 unspecified atom stereocenters. The second-order valence-electron chi connectivity index (χ2n) is 5.95. The lowest BCUT2D eigenvalue weighted by molar-refractivity contribution is -0.137. The summed E-state index contributed by atoms with van der Waals surface area (Å²) in [5, 5.41) is 4.81. The summed E-state index contributed by atoms with van der Waals surface area (Å²) in [7, 11) is 0. The summed E-state index contributed by atoms with van der Waals surface area (Å²) in [5.41, 5.74) is 2.07. The molecule has 3 rings (SSSR count). The average Bonchev–Trinajstić information content (AvgIpc) is 3.14. The fourth-order valence-corrected chi connectivity index (χ4v) is 3.18. The summed E-state index contributed by atoms with van der Waals surface area (Å²) in [5.74, 6) is -0.527. The van der Waals surface area contributed by atoms with Crippen molar-refractivity contribution in [1.29, 1.82) is 0 Å². The van der Waals surface area contributed by atoms with Gasteiger partial charge in [0, 0.05) is 10.9 Å². The van der Waals surface area contributed by atoms with Crippen LogP contribution in [0.1, 0.15) is 18.1 Å². The maximum Gasteiger partial charge on any atom is 0.416 e. The number of carbonyl (C=O) groups excluding carboxylic acids is 1. The summed E-state index contributed by atoms with van der Waals surface area (Å²) in [6.45, 7) is 1.66. The average molecular weight is 406 g/mol. The van der Waals surface area contributed by atoms with E-state index in [1.807, 2.05) is 29.6 Å². The molecule has 1 N–H and O–H groups in total. The predicted molar refractivity (Wildman–Crippen MR) is 102 cm³/mol. The third-order valence-corrected chi connectivity index (χ3v) is 4.70. The Labute approximate surface area is 164 Å². The fourth-order valence-electron chi connectivity index (χ4n) is 2.44. The normalized spacial score (nSPS) is 11.3. The first-order valence-corrected chi connectivity index (χ1v) is 9.38. The first-order chi connectivity index (χ1) is 13.3. The highest BCUT2D eigenvalue weighted by Gasteiger charge is 2.30. The van der Waals surface area contributed by atoms with Crippen molar-refractivity contribution in [3.8, 4) is 17.0 Å². The molecule has 4 nitrogen and oxygen atoms in total. The van der Waals surface area contributed by atoms with Crippen LogP contribution in [0, 0.1) is 0 Å². The minimum Gasteiger partial charge on any atom is -0.484 e. The zero-order valence-electron chi connectivity index (χ0n) is 14.9. The minimum atomic E-state index is -4.46. The Kier molecular flexibility index (Phi) is 5.99. The molecule has 8 heteroatoms. The Hall–Kier alpha value is -2.87. The van der Waals surface area contributed by atoms with Gasteiger partial charge in [-0.1, -0.05) is 37.3 Å². The van der Waals surface area contributed by atoms with Gasteiger partial charge in [0.25, 0.3) is 5.91 Å². The Morgan fingerprint density at radius 1 is 1.18 bits per heavy atom. The molecule has 0 radical (unpaired) electrons. The second kappa shape index (κ2) is 8.43. The van der Waals surface area contributed by atoms with Crippen LogP contribution < -0.4 is 10.1 Å². The van der Waals surface area contributed by atoms with Crippen molar-refractivity contribution < 1.29 is 22.7 Å². The van der Waals surface area contributed by atoms with Gasteiger partial charge >= 0.3 is 6.18 Å². The van der Waals surface area contributed by atoms with Crippen LogP contribution in [0.5, 0.6) is 5.75 Å². The second-order valence-corrected chi connectivity index (χ2v) is 6.81. The number of alkyl halides is 3. The molecule has 1 heterocycles. The first kappa shape index (κ1) is 19.9. The van der Waals surface area contributed by atoms with Gasteiger partial charge in [0.15, 0.2) is 11.7 Å². The van der Waals surface area contributed by atoms with Gasteiger partial charge in [0.2, 0.25) is 0 Å². The van der Waals surface area contributed by atoms with Crippen molar-refractivity contribution in [3.05, 3.63) is 65.0 Å². The lowest BCUT2D eigenvalue weighted by atomic mass is 10.1. The van der Waals surface area contributed by atoms with Gasteiger partial charge < -0.3 is 4.74 Å². The molecular weight excluding hydrogens is 389 g/mol. The summed E-state index contributed by atoms with van der Waals surface area (Å²) in [6.07, 6.45) is -3.52. The van der Waals surface area contributed by atoms with Gasteiger partial charge in [-0.25, -0.2) is 4.98 Å². The number of aryl methyl sites for hydroxylation is 1. The Balaban J connectivity index is 1.57. The van der Waals surface area contributed by atoms with E-state index in [0.29, 0.717) is 5.13 Å². The molecule has 3 aromatic rings. The third-order valence-electron chi connectivity index (χ3n) is 3.94. The number of halogens is 3. The van der Waals surface area contributed by atoms with Crippen molar-refractivity contribution in [2.75, 3.05) is 11.9 Å². The van der Waals surface area contributed by atoms with Crippen LogP contribution in [0.3, 0.4) is 0 Å². The first-order valence-electron chi connectivity index (χ1n) is 8.50. The van der Waals surface area contributed by atoms with Crippen LogP contribution in [-0.4, -0.2) is 17.5 Å². The molecule has 0 saturated heterocycles. The van der Waals surface area contributed by atoms with Crippen LogP contribution in [-0.2, 0) is 17.4 Å². The number of hydrogen-bond acceptors (Lipinski definition) is 4. The van der Waals surface area contributed by atoms with Gasteiger partial charge in [0.05, 0.1) is 11.3 Å². The van der Waals surface area contributed by atoms with Crippen LogP contribution >= 0.6 is 11.3 Å². The molecule has 146 valence electrons. The zero-order valence-corrected chi connectivity index (χ0v) is 15.7. The van der Waals surface area contributed by atoms with Crippen molar-refractivity contribution >= 4 is 22.4 Å². The standard InChI is InChI=1S/C20H17F3N2O2S/c1-2-13-6-8-14(9-7-13)17-12-28-19(24-17)25-18(26)11-27-16-5-3-4-15(10-16)20(21,22)23/h3-10,12H,2,11H2,1H3,(H,24,25,26). The smallest absolute Gasteiger partial charge is 0.416 e. The molecule has 0 saturated carbocycles. The maximum atomic E-state index is 12.7. The predicted octanol–water partition coefficient (Wildman–Crippen LogP) is 5.41. The number of rotatable bonds is 6. The number of amides is 1. The summed E-state index contributed by atoms with van der Waals surface area (Å²) in [4.78, 5) is 16.4. The quantitative estimate of drug-likeness (QED) is 0.596. The Morgan fingerprint density at radius 3 is 2.61 bits per heavy atom. The van der Waals surface area contributed by atoms with Crippen molar-refractivity contribution in [2.45, 2.75) is 19.5 Å². The van der Waals surface area contributed by atoms with Crippen LogP contribution in [0.15, 0.2) is 53.9 Å². The number of benzene rings is 2. The molecule has 0 aliphatic carbocycles. The molecule has 0 atom stereocenters. The van der Waals surface area contributed by atoms with E-state index < -0.39 is 24.3 Å². The summed E-state index contributed by atoms with van der Waals surface area (Å²) in [6, 6.07) is 12.4. The van der Waals surface area contributed by atoms with Gasteiger partial charge in [0.1, 0.15) is 5.75 Å². The Bertz CT molecular complexity index is 953. The summed E-state index contributed by atoms with van der Waals surface area (Å²) >= 11 is 1.26. The number of carbonyl (C=O) groups is 1. The highest BCUT2D eigenvalue weighted by atomic mass is 32.1. The third kappa shape index (κ3) is 5.10. The number of hydrogen-bond donors (Lipinski definition) is 1. The van der Waals surface area contributed by atoms with Gasteiger partial charge in [-0.15, -0.1) is 11.3 Å². The number of nitrogens with zero attached hydrogens (tertiary/aromatic N) is 1. The molecule has 1 aromatic heterocycles. The fraction of sp³-hybridized carbons (Fsp3) is 0.200. The van der Waals surface area contributed by atoms with E-state index in [1.54, 1.807) is 0 Å². The zero-order chi connectivity index (χ0) is 20.1. The highest BCUT2D eigenvalue weighted by molar-refractivity contribution is 7.14. The molecule has 2 aromatic carbocycles. The van der Waals surface area contributed by atoms with E-state index in [2.05, 4.69) is 17.2 Å². The van der Waals surface area contributed by atoms with Gasteiger partial charge in [-0.05, 0) is 30.2 Å². The number of thiazole rings is 1. The maximum absolute atomic E-state index is 12.7. The monoisotopic (exact) mass is 406 g/mol. The Morgan fingerprint density at radius 2 is 1.93 bits per heavy atom. The largest absolute Gasteiger partial charge is 0.484 e. The lowest BCUT2D eigenvalue weighted by Crippen LogP contribution is -2.20. The number of ether oxygens (including phenoxy) is 1. The number of aromatic nitrogens is 1. The van der Waals surface area contributed by atoms with E-state index >= 15 is 0 Å². The lowest BCUT2D eigenvalue weighted by Gasteiger charge is -2.09. The number of nitrogens with one attached hydrogen (secondary N) is 1. The minimum absolute atomic E-state index is 0.0270. The molecule has 0 spiro atoms. The van der Waals surface area contributed by atoms with Crippen molar-refractivity contribution in [1.82, 2.24) is 4.98 Å². The van der Waals surface area contributed by atoms with Crippen LogP contribution in [0.2, 0.25) is 0 Å². The molecule has 1 amide bonds. The van der Waals surface area contributed by atoms with Crippen LogP contribution in [0.25, 0.3) is 11.3 Å². The molecule has 0 bridgehead atoms. The van der Waals surface area contributed by atoms with E-state index in [0.717, 1.165) is 29.8 Å². The van der Waals surface area contributed by atoms with Crippen LogP contribution in [0.4, 0.5) is 18.3 Å². The van der Waals surface area contributed by atoms with E-state index in [4.69, 9.17) is 4.74 Å². The van der Waals surface area contributed by atoms with Crippen molar-refractivity contribution in [2.24, 2.45) is 0 Å². The molecule has 0 fully saturated rings. The van der Waals surface area contributed by atoms with E-state index in [1.165, 1.54) is 29.0 Å².